The van der Waals surface area contributed by atoms with E-state index in [1.165, 1.54) is 6.42 Å². The van der Waals surface area contributed by atoms with Crippen molar-refractivity contribution in [2.75, 3.05) is 6.61 Å². The monoisotopic (exact) mass is 305 g/mol. The molecule has 0 aromatic heterocycles. The Morgan fingerprint density at radius 2 is 1.77 bits per heavy atom. The second-order valence-corrected chi connectivity index (χ2v) is 5.34. The molecule has 120 valence electrons. The number of hydrogen-bond acceptors (Lipinski definition) is 3. The lowest BCUT2D eigenvalue weighted by Crippen LogP contribution is -2.50. The Bertz CT molecular complexity index is 496. The predicted octanol–water partition coefficient (Wildman–Crippen LogP) is 2.36. The van der Waals surface area contributed by atoms with Gasteiger partial charge in [0, 0.05) is 11.6 Å². The summed E-state index contributed by atoms with van der Waals surface area (Å²) in [7, 11) is 0. The Hall–Kier alpha value is -2.24. The third kappa shape index (κ3) is 4.95. The Labute approximate surface area is 130 Å². The highest BCUT2D eigenvalue weighted by Crippen LogP contribution is 2.17. The molecule has 0 bridgehead atoms. The van der Waals surface area contributed by atoms with Gasteiger partial charge in [-0.05, 0) is 44.0 Å². The van der Waals surface area contributed by atoms with Crippen molar-refractivity contribution in [1.29, 1.82) is 0 Å². The maximum absolute atomic E-state index is 11.9. The lowest BCUT2D eigenvalue weighted by Gasteiger charge is -2.22. The van der Waals surface area contributed by atoms with Gasteiger partial charge in [-0.2, -0.15) is 0 Å². The van der Waals surface area contributed by atoms with Crippen LogP contribution in [0.25, 0.3) is 0 Å². The highest BCUT2D eigenvalue weighted by molar-refractivity contribution is 5.95. The Balaban J connectivity index is 1.75. The van der Waals surface area contributed by atoms with Crippen LogP contribution < -0.4 is 20.9 Å². The number of carbonyl (C=O) groups excluding carboxylic acids is 2. The summed E-state index contributed by atoms with van der Waals surface area (Å²) in [6.45, 7) is 2.48. The van der Waals surface area contributed by atoms with Gasteiger partial charge >= 0.3 is 6.03 Å². The molecule has 6 heteroatoms. The smallest absolute Gasteiger partial charge is 0.333 e. The van der Waals surface area contributed by atoms with Crippen molar-refractivity contribution < 1.29 is 14.3 Å². The van der Waals surface area contributed by atoms with Crippen LogP contribution in [0.1, 0.15) is 49.4 Å². The van der Waals surface area contributed by atoms with Gasteiger partial charge in [0.15, 0.2) is 0 Å². The normalized spacial score (nSPS) is 15.0. The van der Waals surface area contributed by atoms with Crippen molar-refractivity contribution in [3.63, 3.8) is 0 Å². The molecule has 0 saturated heterocycles. The average Bonchev–Trinajstić information content (AvgIpc) is 2.54. The third-order valence-electron chi connectivity index (χ3n) is 3.66. The van der Waals surface area contributed by atoms with E-state index < -0.39 is 0 Å². The maximum Gasteiger partial charge on any atom is 0.333 e. The summed E-state index contributed by atoms with van der Waals surface area (Å²) in [5, 5.41) is 2.87. The van der Waals surface area contributed by atoms with Gasteiger partial charge in [0.25, 0.3) is 5.91 Å². The van der Waals surface area contributed by atoms with Crippen LogP contribution in [0.15, 0.2) is 24.3 Å². The zero-order valence-corrected chi connectivity index (χ0v) is 12.9. The number of nitrogens with one attached hydrogen (secondary N) is 3. The Morgan fingerprint density at radius 3 is 2.41 bits per heavy atom. The fourth-order valence-corrected chi connectivity index (χ4v) is 2.52. The molecular weight excluding hydrogens is 282 g/mol. The fraction of sp³-hybridized carbons (Fsp3) is 0.500. The lowest BCUT2D eigenvalue weighted by molar-refractivity contribution is 0.0935. The minimum atomic E-state index is -0.369. The number of hydrazine groups is 1. The topological polar surface area (TPSA) is 79.5 Å². The first-order valence-electron chi connectivity index (χ1n) is 7.78. The quantitative estimate of drug-likeness (QED) is 0.747. The summed E-state index contributed by atoms with van der Waals surface area (Å²) in [6.07, 6.45) is 5.52. The van der Waals surface area contributed by atoms with Crippen LogP contribution in [-0.4, -0.2) is 24.6 Å². The molecule has 0 aliphatic heterocycles. The van der Waals surface area contributed by atoms with Crippen LogP contribution in [0, 0.1) is 0 Å². The molecule has 1 aromatic rings. The summed E-state index contributed by atoms with van der Waals surface area (Å²) < 4.78 is 5.31. The van der Waals surface area contributed by atoms with Gasteiger partial charge in [-0.1, -0.05) is 19.3 Å². The molecule has 1 aliphatic carbocycles. The van der Waals surface area contributed by atoms with Crippen molar-refractivity contribution in [3.05, 3.63) is 29.8 Å². The molecule has 1 aromatic carbocycles. The molecule has 22 heavy (non-hydrogen) atoms. The standard InChI is InChI=1S/C16H23N3O3/c1-2-22-14-10-8-12(9-11-14)15(20)18-19-16(21)17-13-6-4-3-5-7-13/h8-11,13H,2-7H2,1H3,(H,18,20)(H2,17,19,21). The van der Waals surface area contributed by atoms with Crippen LogP contribution in [0.5, 0.6) is 5.75 Å². The summed E-state index contributed by atoms with van der Waals surface area (Å²) in [5.74, 6) is 0.351. The minimum absolute atomic E-state index is 0.205. The molecular formula is C16H23N3O3. The van der Waals surface area contributed by atoms with Gasteiger partial charge in [-0.3, -0.25) is 10.2 Å². The number of hydrogen-bond donors (Lipinski definition) is 3. The highest BCUT2D eigenvalue weighted by Gasteiger charge is 2.15. The van der Waals surface area contributed by atoms with Gasteiger partial charge < -0.3 is 10.1 Å². The first kappa shape index (κ1) is 16.1. The number of ether oxygens (including phenoxy) is 1. The average molecular weight is 305 g/mol. The van der Waals surface area contributed by atoms with E-state index in [-0.39, 0.29) is 18.0 Å². The fourth-order valence-electron chi connectivity index (χ4n) is 2.52. The zero-order chi connectivity index (χ0) is 15.8. The molecule has 0 radical (unpaired) electrons. The SMILES string of the molecule is CCOc1ccc(C(=O)NNC(=O)NC2CCCCC2)cc1. The van der Waals surface area contributed by atoms with Gasteiger partial charge in [-0.15, -0.1) is 0 Å². The van der Waals surface area contributed by atoms with Gasteiger partial charge in [-0.25, -0.2) is 10.2 Å². The van der Waals surface area contributed by atoms with Crippen LogP contribution in [-0.2, 0) is 0 Å². The third-order valence-corrected chi connectivity index (χ3v) is 3.66. The van der Waals surface area contributed by atoms with E-state index >= 15 is 0 Å². The van der Waals surface area contributed by atoms with E-state index in [2.05, 4.69) is 16.2 Å². The largest absolute Gasteiger partial charge is 0.494 e. The molecule has 1 fully saturated rings. The van der Waals surface area contributed by atoms with Crippen molar-refractivity contribution in [2.45, 2.75) is 45.1 Å². The molecule has 0 spiro atoms. The predicted molar refractivity (Wildman–Crippen MR) is 83.6 cm³/mol. The molecule has 0 atom stereocenters. The molecule has 6 nitrogen and oxygen atoms in total. The molecule has 1 saturated carbocycles. The van der Waals surface area contributed by atoms with Gasteiger partial charge in [0.1, 0.15) is 5.75 Å². The Morgan fingerprint density at radius 1 is 1.09 bits per heavy atom. The van der Waals surface area contributed by atoms with E-state index in [0.29, 0.717) is 17.9 Å². The lowest BCUT2D eigenvalue weighted by atomic mass is 9.96. The van der Waals surface area contributed by atoms with Crippen LogP contribution >= 0.6 is 0 Å². The number of benzene rings is 1. The first-order chi connectivity index (χ1) is 10.7. The van der Waals surface area contributed by atoms with E-state index in [4.69, 9.17) is 4.74 Å². The number of urea groups is 1. The van der Waals surface area contributed by atoms with Crippen molar-refractivity contribution >= 4 is 11.9 Å². The number of amides is 3. The van der Waals surface area contributed by atoms with Crippen molar-refractivity contribution in [3.8, 4) is 5.75 Å². The molecule has 3 N–H and O–H groups in total. The molecule has 1 aliphatic rings. The van der Waals surface area contributed by atoms with Crippen LogP contribution in [0.4, 0.5) is 4.79 Å². The van der Waals surface area contributed by atoms with Crippen LogP contribution in [0.2, 0.25) is 0 Å². The summed E-state index contributed by atoms with van der Waals surface area (Å²) in [6, 6.07) is 6.59. The molecule has 3 amide bonds. The van der Waals surface area contributed by atoms with E-state index in [0.717, 1.165) is 25.7 Å². The summed E-state index contributed by atoms with van der Waals surface area (Å²) in [5.41, 5.74) is 5.24. The van der Waals surface area contributed by atoms with E-state index in [1.807, 2.05) is 6.92 Å². The second-order valence-electron chi connectivity index (χ2n) is 5.34. The number of carbonyl (C=O) groups is 2. The van der Waals surface area contributed by atoms with E-state index in [9.17, 15) is 9.59 Å². The van der Waals surface area contributed by atoms with Crippen molar-refractivity contribution in [2.24, 2.45) is 0 Å². The van der Waals surface area contributed by atoms with Gasteiger partial charge in [0.05, 0.1) is 6.61 Å². The molecule has 0 heterocycles. The number of rotatable bonds is 4. The van der Waals surface area contributed by atoms with Crippen molar-refractivity contribution in [1.82, 2.24) is 16.2 Å². The summed E-state index contributed by atoms with van der Waals surface area (Å²) in [4.78, 5) is 23.6. The Kier molecular flexibility index (Phi) is 6.06. The molecule has 0 unspecified atom stereocenters. The van der Waals surface area contributed by atoms with Gasteiger partial charge in [0.2, 0.25) is 0 Å². The highest BCUT2D eigenvalue weighted by atomic mass is 16.5. The maximum atomic E-state index is 11.9. The minimum Gasteiger partial charge on any atom is -0.494 e. The van der Waals surface area contributed by atoms with E-state index in [1.54, 1.807) is 24.3 Å². The summed E-state index contributed by atoms with van der Waals surface area (Å²) >= 11 is 0. The zero-order valence-electron chi connectivity index (χ0n) is 12.9. The second kappa shape index (κ2) is 8.26. The first-order valence-corrected chi connectivity index (χ1v) is 7.78. The van der Waals surface area contributed by atoms with Crippen LogP contribution in [0.3, 0.4) is 0 Å². The molecule has 2 rings (SSSR count).